The smallest absolute Gasteiger partial charge is 0.243 e. The summed E-state index contributed by atoms with van der Waals surface area (Å²) < 4.78 is 28.0. The molecule has 0 heterocycles. The fraction of sp³-hybridized carbons (Fsp3) is 0.143. The van der Waals surface area contributed by atoms with Gasteiger partial charge in [0.2, 0.25) is 10.0 Å². The molecule has 7 heteroatoms. The van der Waals surface area contributed by atoms with E-state index in [2.05, 4.69) is 31.9 Å². The molecule has 0 aromatic heterocycles. The van der Waals surface area contributed by atoms with Crippen LogP contribution in [0.1, 0.15) is 5.56 Å². The molecule has 2 rings (SSSR count). The van der Waals surface area contributed by atoms with Crippen LogP contribution in [0.5, 0.6) is 0 Å². The average Bonchev–Trinajstić information content (AvgIpc) is 2.41. The number of hydrogen-bond donors (Lipinski definition) is 1. The molecular weight excluding hydrogens is 420 g/mol. The summed E-state index contributed by atoms with van der Waals surface area (Å²) in [5, 5.41) is 0. The molecule has 0 radical (unpaired) electrons. The molecule has 0 amide bonds. The van der Waals surface area contributed by atoms with Gasteiger partial charge >= 0.3 is 0 Å². The Bertz CT molecular complexity index is 763. The van der Waals surface area contributed by atoms with E-state index in [1.54, 1.807) is 13.1 Å². The Morgan fingerprint density at radius 3 is 2.48 bits per heavy atom. The minimum absolute atomic E-state index is 0.181. The van der Waals surface area contributed by atoms with E-state index in [1.807, 2.05) is 24.3 Å². The van der Waals surface area contributed by atoms with Crippen molar-refractivity contribution in [1.82, 2.24) is 4.31 Å². The third-order valence-electron chi connectivity index (χ3n) is 2.97. The van der Waals surface area contributed by atoms with Gasteiger partial charge in [0.15, 0.2) is 0 Å². The quantitative estimate of drug-likeness (QED) is 0.749. The van der Waals surface area contributed by atoms with E-state index in [1.165, 1.54) is 16.4 Å². The second kappa shape index (κ2) is 6.48. The van der Waals surface area contributed by atoms with Crippen LogP contribution in [0.25, 0.3) is 0 Å². The van der Waals surface area contributed by atoms with Gasteiger partial charge in [-0.2, -0.15) is 4.31 Å². The number of halogens is 2. The predicted octanol–water partition coefficient (Wildman–Crippen LogP) is 3.61. The molecule has 0 aliphatic rings. The standard InChI is InChI=1S/C14H14Br2N2O2S/c1-18(9-10-3-2-4-11(15)7-10)21(19,20)12-5-6-13(16)14(17)8-12/h2-8H,9,17H2,1H3. The zero-order chi connectivity index (χ0) is 15.6. The van der Waals surface area contributed by atoms with Gasteiger partial charge in [0.05, 0.1) is 4.90 Å². The van der Waals surface area contributed by atoms with Gasteiger partial charge in [0.1, 0.15) is 0 Å². The summed E-state index contributed by atoms with van der Waals surface area (Å²) in [7, 11) is -2.02. The fourth-order valence-corrected chi connectivity index (χ4v) is 3.73. The molecule has 0 saturated heterocycles. The zero-order valence-electron chi connectivity index (χ0n) is 11.3. The van der Waals surface area contributed by atoms with Crippen LogP contribution in [0.2, 0.25) is 0 Å². The number of hydrogen-bond acceptors (Lipinski definition) is 3. The monoisotopic (exact) mass is 432 g/mol. The van der Waals surface area contributed by atoms with E-state index < -0.39 is 10.0 Å². The Morgan fingerprint density at radius 2 is 1.86 bits per heavy atom. The summed E-state index contributed by atoms with van der Waals surface area (Å²) in [5.74, 6) is 0. The van der Waals surface area contributed by atoms with Crippen molar-refractivity contribution in [1.29, 1.82) is 0 Å². The SMILES string of the molecule is CN(Cc1cccc(Br)c1)S(=O)(=O)c1ccc(Br)c(N)c1. The van der Waals surface area contributed by atoms with Crippen LogP contribution in [0.4, 0.5) is 5.69 Å². The first-order valence-electron chi connectivity index (χ1n) is 6.06. The van der Waals surface area contributed by atoms with Crippen LogP contribution in [0, 0.1) is 0 Å². The number of nitrogens with two attached hydrogens (primary N) is 1. The molecular formula is C14H14Br2N2O2S. The van der Waals surface area contributed by atoms with E-state index in [0.29, 0.717) is 10.2 Å². The molecule has 2 aromatic carbocycles. The summed E-state index contributed by atoms with van der Waals surface area (Å²) in [4.78, 5) is 0.181. The number of anilines is 1. The Kier molecular flexibility index (Phi) is 5.08. The van der Waals surface area contributed by atoms with Gasteiger partial charge in [-0.1, -0.05) is 28.1 Å². The molecule has 0 atom stereocenters. The van der Waals surface area contributed by atoms with E-state index >= 15 is 0 Å². The normalized spacial score (nSPS) is 11.8. The maximum Gasteiger partial charge on any atom is 0.243 e. The first-order valence-corrected chi connectivity index (χ1v) is 9.09. The van der Waals surface area contributed by atoms with Gasteiger partial charge in [-0.3, -0.25) is 0 Å². The van der Waals surface area contributed by atoms with Gasteiger partial charge in [-0.25, -0.2) is 8.42 Å². The number of benzene rings is 2. The summed E-state index contributed by atoms with van der Waals surface area (Å²) in [5.41, 5.74) is 7.05. The third-order valence-corrected chi connectivity index (χ3v) is 5.98. The number of nitrogen functional groups attached to an aromatic ring is 1. The van der Waals surface area contributed by atoms with Gasteiger partial charge in [-0.05, 0) is 51.8 Å². The Morgan fingerprint density at radius 1 is 1.14 bits per heavy atom. The Hall–Kier alpha value is -0.890. The maximum absolute atomic E-state index is 12.5. The van der Waals surface area contributed by atoms with Crippen molar-refractivity contribution >= 4 is 47.6 Å². The highest BCUT2D eigenvalue weighted by molar-refractivity contribution is 9.10. The second-order valence-corrected chi connectivity index (χ2v) is 8.39. The summed E-state index contributed by atoms with van der Waals surface area (Å²) in [6.45, 7) is 0.289. The molecule has 2 N–H and O–H groups in total. The lowest BCUT2D eigenvalue weighted by Gasteiger charge is -2.18. The van der Waals surface area contributed by atoms with Crippen molar-refractivity contribution in [2.45, 2.75) is 11.4 Å². The van der Waals surface area contributed by atoms with Crippen LogP contribution < -0.4 is 5.73 Å². The first-order chi connectivity index (χ1) is 9.80. The number of sulfonamides is 1. The van der Waals surface area contributed by atoms with Crippen molar-refractivity contribution < 1.29 is 8.42 Å². The Labute approximate surface area is 141 Å². The van der Waals surface area contributed by atoms with Crippen LogP contribution in [-0.2, 0) is 16.6 Å². The highest BCUT2D eigenvalue weighted by atomic mass is 79.9. The van der Waals surface area contributed by atoms with Crippen molar-refractivity contribution in [3.63, 3.8) is 0 Å². The molecule has 0 saturated carbocycles. The van der Waals surface area contributed by atoms with Gasteiger partial charge in [0.25, 0.3) is 0 Å². The Balaban J connectivity index is 2.28. The lowest BCUT2D eigenvalue weighted by atomic mass is 10.2. The fourth-order valence-electron chi connectivity index (χ4n) is 1.84. The molecule has 2 aromatic rings. The molecule has 0 spiro atoms. The van der Waals surface area contributed by atoms with E-state index in [0.717, 1.165) is 10.0 Å². The lowest BCUT2D eigenvalue weighted by Crippen LogP contribution is -2.26. The van der Waals surface area contributed by atoms with Crippen LogP contribution in [0.3, 0.4) is 0 Å². The van der Waals surface area contributed by atoms with Gasteiger partial charge in [0, 0.05) is 28.2 Å². The summed E-state index contributed by atoms with van der Waals surface area (Å²) in [6, 6.07) is 12.2. The average molecular weight is 434 g/mol. The van der Waals surface area contributed by atoms with Crippen molar-refractivity contribution in [2.24, 2.45) is 0 Å². The highest BCUT2D eigenvalue weighted by Crippen LogP contribution is 2.25. The molecule has 0 bridgehead atoms. The van der Waals surface area contributed by atoms with E-state index in [4.69, 9.17) is 5.73 Å². The van der Waals surface area contributed by atoms with Crippen LogP contribution in [-0.4, -0.2) is 19.8 Å². The molecule has 0 aliphatic carbocycles. The molecule has 0 unspecified atom stereocenters. The predicted molar refractivity (Wildman–Crippen MR) is 91.3 cm³/mol. The van der Waals surface area contributed by atoms with Gasteiger partial charge < -0.3 is 5.73 Å². The lowest BCUT2D eigenvalue weighted by molar-refractivity contribution is 0.466. The van der Waals surface area contributed by atoms with Crippen LogP contribution in [0.15, 0.2) is 56.3 Å². The molecule has 21 heavy (non-hydrogen) atoms. The third kappa shape index (κ3) is 3.85. The number of rotatable bonds is 4. The first kappa shape index (κ1) is 16.5. The molecule has 0 fully saturated rings. The molecule has 0 aliphatic heterocycles. The minimum Gasteiger partial charge on any atom is -0.398 e. The van der Waals surface area contributed by atoms with Crippen molar-refractivity contribution in [2.75, 3.05) is 12.8 Å². The van der Waals surface area contributed by atoms with E-state index in [9.17, 15) is 8.42 Å². The highest BCUT2D eigenvalue weighted by Gasteiger charge is 2.21. The number of nitrogens with zero attached hydrogens (tertiary/aromatic N) is 1. The van der Waals surface area contributed by atoms with Crippen LogP contribution >= 0.6 is 31.9 Å². The van der Waals surface area contributed by atoms with Crippen molar-refractivity contribution in [3.05, 3.63) is 57.0 Å². The van der Waals surface area contributed by atoms with Gasteiger partial charge in [-0.15, -0.1) is 0 Å². The molecule has 4 nitrogen and oxygen atoms in total. The van der Waals surface area contributed by atoms with E-state index in [-0.39, 0.29) is 11.4 Å². The zero-order valence-corrected chi connectivity index (χ0v) is 15.2. The van der Waals surface area contributed by atoms with Crippen molar-refractivity contribution in [3.8, 4) is 0 Å². The maximum atomic E-state index is 12.5. The minimum atomic E-state index is -3.57. The topological polar surface area (TPSA) is 63.4 Å². The summed E-state index contributed by atoms with van der Waals surface area (Å²) >= 11 is 6.63. The largest absolute Gasteiger partial charge is 0.398 e. The second-order valence-electron chi connectivity index (χ2n) is 4.57. The molecule has 112 valence electrons. The summed E-state index contributed by atoms with van der Waals surface area (Å²) in [6.07, 6.45) is 0.